The van der Waals surface area contributed by atoms with Gasteiger partial charge in [-0.25, -0.2) is 13.6 Å². The highest BCUT2D eigenvalue weighted by molar-refractivity contribution is 9.10. The lowest BCUT2D eigenvalue weighted by Crippen LogP contribution is -2.08. The number of nitrogens with two attached hydrogens (primary N) is 1. The van der Waals surface area contributed by atoms with E-state index in [4.69, 9.17) is 10.8 Å². The fraction of sp³-hybridized carbons (Fsp3) is 0.143. The second-order valence-corrected chi connectivity index (χ2v) is 3.24. The molecule has 1 rings (SSSR count). The minimum Gasteiger partial charge on any atom is -0.478 e. The highest BCUT2D eigenvalue weighted by atomic mass is 79.9. The summed E-state index contributed by atoms with van der Waals surface area (Å²) in [5, 5.41) is 8.67. The summed E-state index contributed by atoms with van der Waals surface area (Å²) in [5.41, 5.74) is 3.61. The Morgan fingerprint density at radius 1 is 1.64 bits per heavy atom. The van der Waals surface area contributed by atoms with Crippen LogP contribution >= 0.6 is 15.9 Å². The maximum atomic E-state index is 12.3. The lowest BCUT2D eigenvalue weighted by atomic mass is 10.2. The van der Waals surface area contributed by atoms with E-state index in [1.807, 2.05) is 0 Å². The first-order valence-corrected chi connectivity index (χ1v) is 4.19. The SMILES string of the molecule is Nc1c(C(F)F)ncc(Br)c1C(=O)O. The topological polar surface area (TPSA) is 76.2 Å². The lowest BCUT2D eigenvalue weighted by Gasteiger charge is -2.07. The van der Waals surface area contributed by atoms with Gasteiger partial charge < -0.3 is 10.8 Å². The summed E-state index contributed by atoms with van der Waals surface area (Å²) in [4.78, 5) is 14.0. The average Bonchev–Trinajstić information content (AvgIpc) is 2.02. The minimum atomic E-state index is -2.89. The van der Waals surface area contributed by atoms with E-state index >= 15 is 0 Å². The van der Waals surface area contributed by atoms with E-state index in [0.29, 0.717) is 0 Å². The molecule has 0 amide bonds. The molecule has 76 valence electrons. The van der Waals surface area contributed by atoms with Crippen LogP contribution in [-0.4, -0.2) is 16.1 Å². The van der Waals surface area contributed by atoms with E-state index in [2.05, 4.69) is 20.9 Å². The maximum Gasteiger partial charge on any atom is 0.339 e. The molecule has 0 bridgehead atoms. The third-order valence-electron chi connectivity index (χ3n) is 1.52. The number of carboxylic acid groups (broad SMARTS) is 1. The van der Waals surface area contributed by atoms with Crippen molar-refractivity contribution in [2.45, 2.75) is 6.43 Å². The molecule has 1 heterocycles. The van der Waals surface area contributed by atoms with Crippen molar-refractivity contribution in [3.63, 3.8) is 0 Å². The van der Waals surface area contributed by atoms with Crippen molar-refractivity contribution in [2.75, 3.05) is 5.73 Å². The number of halogens is 3. The second kappa shape index (κ2) is 3.87. The van der Waals surface area contributed by atoms with Crippen molar-refractivity contribution in [1.29, 1.82) is 0 Å². The van der Waals surface area contributed by atoms with E-state index < -0.39 is 29.3 Å². The Kier molecular flexibility index (Phi) is 3.00. The quantitative estimate of drug-likeness (QED) is 0.859. The van der Waals surface area contributed by atoms with Crippen molar-refractivity contribution in [3.05, 3.63) is 21.9 Å². The van der Waals surface area contributed by atoms with E-state index in [9.17, 15) is 13.6 Å². The number of aromatic nitrogens is 1. The van der Waals surface area contributed by atoms with Crippen LogP contribution in [0.15, 0.2) is 10.7 Å². The highest BCUT2D eigenvalue weighted by Crippen LogP contribution is 2.29. The van der Waals surface area contributed by atoms with Crippen LogP contribution < -0.4 is 5.73 Å². The first-order valence-electron chi connectivity index (χ1n) is 3.40. The first kappa shape index (κ1) is 10.8. The van der Waals surface area contributed by atoms with Gasteiger partial charge in [-0.1, -0.05) is 0 Å². The molecule has 0 unspecified atom stereocenters. The summed E-state index contributed by atoms with van der Waals surface area (Å²) in [6, 6.07) is 0. The van der Waals surface area contributed by atoms with E-state index in [0.717, 1.165) is 6.20 Å². The predicted molar refractivity (Wildman–Crippen MR) is 48.3 cm³/mol. The molecule has 0 saturated carbocycles. The standard InChI is InChI=1S/C7H5BrF2N2O2/c8-2-1-12-5(6(9)10)4(11)3(2)7(13)14/h1,6H,11H2,(H,13,14). The number of rotatable bonds is 2. The summed E-state index contributed by atoms with van der Waals surface area (Å²) in [7, 11) is 0. The van der Waals surface area contributed by atoms with Gasteiger partial charge in [0.1, 0.15) is 11.3 Å². The molecule has 0 atom stereocenters. The summed E-state index contributed by atoms with van der Waals surface area (Å²) in [6.07, 6.45) is -1.90. The fourth-order valence-corrected chi connectivity index (χ4v) is 1.39. The molecule has 0 aliphatic carbocycles. The summed E-state index contributed by atoms with van der Waals surface area (Å²) >= 11 is 2.86. The molecule has 1 aromatic heterocycles. The Labute approximate surface area is 85.9 Å². The van der Waals surface area contributed by atoms with E-state index in [1.165, 1.54) is 0 Å². The minimum absolute atomic E-state index is 0.0758. The van der Waals surface area contributed by atoms with E-state index in [-0.39, 0.29) is 4.47 Å². The van der Waals surface area contributed by atoms with Gasteiger partial charge >= 0.3 is 5.97 Å². The number of carbonyl (C=O) groups is 1. The van der Waals surface area contributed by atoms with Gasteiger partial charge in [-0.15, -0.1) is 0 Å². The third-order valence-corrected chi connectivity index (χ3v) is 2.12. The smallest absolute Gasteiger partial charge is 0.339 e. The molecule has 0 aromatic carbocycles. The van der Waals surface area contributed by atoms with Gasteiger partial charge in [-0.2, -0.15) is 0 Å². The summed E-state index contributed by atoms with van der Waals surface area (Å²) in [5.74, 6) is -1.38. The largest absolute Gasteiger partial charge is 0.478 e. The van der Waals surface area contributed by atoms with Crippen LogP contribution in [0.5, 0.6) is 0 Å². The van der Waals surface area contributed by atoms with Crippen LogP contribution in [0.25, 0.3) is 0 Å². The number of carboxylic acids is 1. The molecule has 14 heavy (non-hydrogen) atoms. The van der Waals surface area contributed by atoms with Gasteiger partial charge in [0.25, 0.3) is 6.43 Å². The van der Waals surface area contributed by atoms with Gasteiger partial charge in [0, 0.05) is 6.20 Å². The molecule has 7 heteroatoms. The number of pyridine rings is 1. The van der Waals surface area contributed by atoms with Crippen molar-refractivity contribution >= 4 is 27.6 Å². The van der Waals surface area contributed by atoms with Crippen molar-refractivity contribution in [3.8, 4) is 0 Å². The summed E-state index contributed by atoms with van der Waals surface area (Å²) in [6.45, 7) is 0. The molecule has 1 aromatic rings. The molecule has 0 aliphatic heterocycles. The van der Waals surface area contributed by atoms with E-state index in [1.54, 1.807) is 0 Å². The van der Waals surface area contributed by atoms with Crippen LogP contribution in [0.1, 0.15) is 22.5 Å². The Bertz CT molecular complexity index is 384. The Balaban J connectivity index is 3.41. The van der Waals surface area contributed by atoms with Crippen LogP contribution in [-0.2, 0) is 0 Å². The number of aromatic carboxylic acids is 1. The van der Waals surface area contributed by atoms with Crippen LogP contribution in [0.4, 0.5) is 14.5 Å². The first-order chi connectivity index (χ1) is 6.45. The molecule has 4 nitrogen and oxygen atoms in total. The lowest BCUT2D eigenvalue weighted by molar-refractivity contribution is 0.0696. The number of hydrogen-bond donors (Lipinski definition) is 2. The van der Waals surface area contributed by atoms with Crippen LogP contribution in [0.3, 0.4) is 0 Å². The molecular formula is C7H5BrF2N2O2. The average molecular weight is 267 g/mol. The molecule has 0 spiro atoms. The number of alkyl halides is 2. The zero-order valence-corrected chi connectivity index (χ0v) is 8.25. The van der Waals surface area contributed by atoms with Crippen LogP contribution in [0, 0.1) is 0 Å². The van der Waals surface area contributed by atoms with Gasteiger partial charge in [0.15, 0.2) is 0 Å². The Hall–Kier alpha value is -1.24. The molecule has 3 N–H and O–H groups in total. The normalized spacial score (nSPS) is 10.6. The molecule has 0 aliphatic rings. The van der Waals surface area contributed by atoms with Crippen molar-refractivity contribution < 1.29 is 18.7 Å². The Morgan fingerprint density at radius 3 is 2.64 bits per heavy atom. The van der Waals surface area contributed by atoms with Crippen LogP contribution in [0.2, 0.25) is 0 Å². The van der Waals surface area contributed by atoms with Gasteiger partial charge in [0.2, 0.25) is 0 Å². The Morgan fingerprint density at radius 2 is 2.21 bits per heavy atom. The summed E-state index contributed by atoms with van der Waals surface area (Å²) < 4.78 is 24.6. The maximum absolute atomic E-state index is 12.3. The monoisotopic (exact) mass is 266 g/mol. The number of anilines is 1. The fourth-order valence-electron chi connectivity index (χ4n) is 0.908. The molecular weight excluding hydrogens is 262 g/mol. The van der Waals surface area contributed by atoms with Gasteiger partial charge in [0.05, 0.1) is 10.2 Å². The zero-order chi connectivity index (χ0) is 10.9. The van der Waals surface area contributed by atoms with Crippen molar-refractivity contribution in [2.24, 2.45) is 0 Å². The van der Waals surface area contributed by atoms with Gasteiger partial charge in [-0.05, 0) is 15.9 Å². The molecule has 0 fully saturated rings. The van der Waals surface area contributed by atoms with Crippen molar-refractivity contribution in [1.82, 2.24) is 4.98 Å². The second-order valence-electron chi connectivity index (χ2n) is 2.39. The number of nitrogen functional groups attached to an aromatic ring is 1. The number of hydrogen-bond acceptors (Lipinski definition) is 3. The highest BCUT2D eigenvalue weighted by Gasteiger charge is 2.21. The predicted octanol–water partition coefficient (Wildman–Crippen LogP) is 2.06. The third kappa shape index (κ3) is 1.82. The molecule has 0 saturated heterocycles. The number of nitrogens with zero attached hydrogens (tertiary/aromatic N) is 1. The zero-order valence-electron chi connectivity index (χ0n) is 6.67. The molecule has 0 radical (unpaired) electrons. The van der Waals surface area contributed by atoms with Gasteiger partial charge in [-0.3, -0.25) is 4.98 Å².